The first-order valence-corrected chi connectivity index (χ1v) is 8.76. The van der Waals surface area contributed by atoms with Crippen LogP contribution in [-0.2, 0) is 13.7 Å². The van der Waals surface area contributed by atoms with Gasteiger partial charge in [0.1, 0.15) is 19.0 Å². The minimum Gasteiger partial charge on any atom is -0.508 e. The molecule has 5 nitrogen and oxygen atoms in total. The average molecular weight is 365 g/mol. The van der Waals surface area contributed by atoms with Crippen molar-refractivity contribution in [1.29, 1.82) is 0 Å². The highest BCUT2D eigenvalue weighted by Gasteiger charge is 2.18. The summed E-state index contributed by atoms with van der Waals surface area (Å²) >= 11 is 0. The molecule has 2 aromatic carbocycles. The zero-order chi connectivity index (χ0) is 19.4. The van der Waals surface area contributed by atoms with E-state index in [-0.39, 0.29) is 23.7 Å². The standard InChI is InChI=1S/C22H23NO4/c1-15(2)11-12-26-21-20(27-14-16-7-5-4-6-8-16)18-10-9-17(24)13-19(18)23(3)22(21)25/h4-11,13,24H,12,14H2,1-3H3. The zero-order valence-electron chi connectivity index (χ0n) is 15.7. The molecule has 5 heteroatoms. The van der Waals surface area contributed by atoms with Gasteiger partial charge in [-0.3, -0.25) is 4.79 Å². The third-order valence-electron chi connectivity index (χ3n) is 4.24. The van der Waals surface area contributed by atoms with Gasteiger partial charge in [-0.1, -0.05) is 35.9 Å². The van der Waals surface area contributed by atoms with Crippen LogP contribution in [0.3, 0.4) is 0 Å². The minimum atomic E-state index is -0.307. The molecule has 0 radical (unpaired) electrons. The summed E-state index contributed by atoms with van der Waals surface area (Å²) < 4.78 is 13.3. The van der Waals surface area contributed by atoms with Crippen molar-refractivity contribution in [2.45, 2.75) is 20.5 Å². The molecule has 0 fully saturated rings. The molecule has 1 aromatic heterocycles. The number of aromatic nitrogens is 1. The van der Waals surface area contributed by atoms with E-state index in [1.54, 1.807) is 25.2 Å². The predicted molar refractivity (Wildman–Crippen MR) is 107 cm³/mol. The number of pyridine rings is 1. The van der Waals surface area contributed by atoms with Gasteiger partial charge < -0.3 is 19.1 Å². The van der Waals surface area contributed by atoms with Crippen LogP contribution < -0.4 is 15.0 Å². The van der Waals surface area contributed by atoms with E-state index in [2.05, 4.69) is 0 Å². The molecule has 0 unspecified atom stereocenters. The van der Waals surface area contributed by atoms with Crippen LogP contribution in [-0.4, -0.2) is 16.3 Å². The van der Waals surface area contributed by atoms with Crippen LogP contribution in [0.5, 0.6) is 17.2 Å². The third-order valence-corrected chi connectivity index (χ3v) is 4.24. The van der Waals surface area contributed by atoms with E-state index in [0.29, 0.717) is 23.3 Å². The first-order valence-electron chi connectivity index (χ1n) is 8.76. The number of fused-ring (bicyclic) bond motifs is 1. The van der Waals surface area contributed by atoms with Crippen molar-refractivity contribution in [1.82, 2.24) is 4.57 Å². The molecule has 140 valence electrons. The van der Waals surface area contributed by atoms with E-state index >= 15 is 0 Å². The van der Waals surface area contributed by atoms with E-state index < -0.39 is 0 Å². The van der Waals surface area contributed by atoms with Crippen LogP contribution in [0.2, 0.25) is 0 Å². The van der Waals surface area contributed by atoms with Gasteiger partial charge in [0.15, 0.2) is 5.75 Å². The van der Waals surface area contributed by atoms with Crippen molar-refractivity contribution in [3.05, 3.63) is 76.1 Å². The maximum atomic E-state index is 12.9. The van der Waals surface area contributed by atoms with Crippen LogP contribution in [0.25, 0.3) is 10.9 Å². The van der Waals surface area contributed by atoms with Gasteiger partial charge in [0.25, 0.3) is 5.56 Å². The Kier molecular flexibility index (Phi) is 5.50. The molecule has 27 heavy (non-hydrogen) atoms. The van der Waals surface area contributed by atoms with E-state index in [1.165, 1.54) is 4.57 Å². The number of phenols is 1. The number of benzene rings is 2. The zero-order valence-corrected chi connectivity index (χ0v) is 15.7. The number of nitrogens with zero attached hydrogens (tertiary/aromatic N) is 1. The molecule has 0 saturated carbocycles. The van der Waals surface area contributed by atoms with Gasteiger partial charge in [0.05, 0.1) is 5.52 Å². The van der Waals surface area contributed by atoms with Gasteiger partial charge in [-0.2, -0.15) is 0 Å². The number of hydrogen-bond donors (Lipinski definition) is 1. The molecule has 0 aliphatic rings. The van der Waals surface area contributed by atoms with E-state index in [1.807, 2.05) is 50.3 Å². The fraction of sp³-hybridized carbons (Fsp3) is 0.227. The molecule has 0 aliphatic carbocycles. The van der Waals surface area contributed by atoms with Crippen molar-refractivity contribution in [2.24, 2.45) is 7.05 Å². The van der Waals surface area contributed by atoms with Crippen LogP contribution in [0.4, 0.5) is 0 Å². The molecule has 0 bridgehead atoms. The molecule has 0 amide bonds. The molecular weight excluding hydrogens is 342 g/mol. The summed E-state index contributed by atoms with van der Waals surface area (Å²) in [6.45, 7) is 4.53. The first-order chi connectivity index (χ1) is 13.0. The lowest BCUT2D eigenvalue weighted by Crippen LogP contribution is -2.21. The van der Waals surface area contributed by atoms with Gasteiger partial charge in [0.2, 0.25) is 5.75 Å². The molecule has 0 atom stereocenters. The van der Waals surface area contributed by atoms with Gasteiger partial charge in [0, 0.05) is 18.5 Å². The molecule has 3 aromatic rings. The molecule has 0 saturated heterocycles. The van der Waals surface area contributed by atoms with E-state index in [4.69, 9.17) is 9.47 Å². The van der Waals surface area contributed by atoms with Gasteiger partial charge in [-0.25, -0.2) is 0 Å². The Balaban J connectivity index is 2.09. The quantitative estimate of drug-likeness (QED) is 0.666. The van der Waals surface area contributed by atoms with Crippen molar-refractivity contribution in [3.8, 4) is 17.2 Å². The summed E-state index contributed by atoms with van der Waals surface area (Å²) in [7, 11) is 1.65. The SMILES string of the molecule is CC(C)=CCOc1c(OCc2ccccc2)c2ccc(O)cc2n(C)c1=O. The summed E-state index contributed by atoms with van der Waals surface area (Å²) in [6.07, 6.45) is 1.90. The Morgan fingerprint density at radius 1 is 1.07 bits per heavy atom. The Bertz CT molecular complexity index is 1030. The highest BCUT2D eigenvalue weighted by molar-refractivity contribution is 5.88. The second kappa shape index (κ2) is 7.99. The Labute approximate surface area is 158 Å². The largest absolute Gasteiger partial charge is 0.508 e. The van der Waals surface area contributed by atoms with Crippen LogP contribution in [0.15, 0.2) is 65.0 Å². The topological polar surface area (TPSA) is 60.7 Å². The van der Waals surface area contributed by atoms with Crippen molar-refractivity contribution < 1.29 is 14.6 Å². The maximum absolute atomic E-state index is 12.9. The van der Waals surface area contributed by atoms with Gasteiger partial charge in [-0.15, -0.1) is 0 Å². The molecular formula is C22H23NO4. The Morgan fingerprint density at radius 3 is 2.52 bits per heavy atom. The second-order valence-corrected chi connectivity index (χ2v) is 6.59. The number of allylic oxidation sites excluding steroid dienone is 1. The number of ether oxygens (including phenoxy) is 2. The lowest BCUT2D eigenvalue weighted by atomic mass is 10.1. The van der Waals surface area contributed by atoms with E-state index in [9.17, 15) is 9.90 Å². The Hall–Kier alpha value is -3.21. The van der Waals surface area contributed by atoms with Crippen LogP contribution >= 0.6 is 0 Å². The summed E-state index contributed by atoms with van der Waals surface area (Å²) in [5.74, 6) is 0.646. The van der Waals surface area contributed by atoms with Crippen molar-refractivity contribution in [2.75, 3.05) is 6.61 Å². The average Bonchev–Trinajstić information content (AvgIpc) is 2.66. The molecule has 1 heterocycles. The minimum absolute atomic E-state index is 0.0877. The lowest BCUT2D eigenvalue weighted by Gasteiger charge is -2.17. The Morgan fingerprint density at radius 2 is 1.81 bits per heavy atom. The summed E-state index contributed by atoms with van der Waals surface area (Å²) in [4.78, 5) is 12.9. The number of aryl methyl sites for hydroxylation is 1. The molecule has 3 rings (SSSR count). The monoisotopic (exact) mass is 365 g/mol. The smallest absolute Gasteiger partial charge is 0.297 e. The highest BCUT2D eigenvalue weighted by Crippen LogP contribution is 2.34. The third kappa shape index (κ3) is 4.14. The van der Waals surface area contributed by atoms with Crippen LogP contribution in [0.1, 0.15) is 19.4 Å². The first kappa shape index (κ1) is 18.6. The highest BCUT2D eigenvalue weighted by atomic mass is 16.5. The van der Waals surface area contributed by atoms with E-state index in [0.717, 1.165) is 11.1 Å². The maximum Gasteiger partial charge on any atom is 0.297 e. The van der Waals surface area contributed by atoms with Crippen molar-refractivity contribution in [3.63, 3.8) is 0 Å². The number of phenolic OH excluding ortho intramolecular Hbond substituents is 1. The summed E-state index contributed by atoms with van der Waals surface area (Å²) in [5.41, 5.74) is 2.36. The molecule has 1 N–H and O–H groups in total. The summed E-state index contributed by atoms with van der Waals surface area (Å²) in [5, 5.41) is 10.5. The normalized spacial score (nSPS) is 10.6. The predicted octanol–water partition coefficient (Wildman–Crippen LogP) is 4.17. The second-order valence-electron chi connectivity index (χ2n) is 6.59. The molecule has 0 aliphatic heterocycles. The fourth-order valence-corrected chi connectivity index (χ4v) is 2.76. The van der Waals surface area contributed by atoms with Gasteiger partial charge in [-0.05, 0) is 37.6 Å². The number of hydrogen-bond acceptors (Lipinski definition) is 4. The fourth-order valence-electron chi connectivity index (χ4n) is 2.76. The van der Waals surface area contributed by atoms with Crippen molar-refractivity contribution >= 4 is 10.9 Å². The summed E-state index contributed by atoms with van der Waals surface area (Å²) in [6, 6.07) is 14.6. The lowest BCUT2D eigenvalue weighted by molar-refractivity contribution is 0.275. The number of aromatic hydroxyl groups is 1. The van der Waals surface area contributed by atoms with Gasteiger partial charge >= 0.3 is 0 Å². The number of rotatable bonds is 6. The molecule has 0 spiro atoms. The van der Waals surface area contributed by atoms with Crippen LogP contribution in [0, 0.1) is 0 Å².